The number of hydrogen-bond donors (Lipinski definition) is 1. The van der Waals surface area contributed by atoms with E-state index in [4.69, 9.17) is 4.74 Å². The van der Waals surface area contributed by atoms with Gasteiger partial charge in [-0.25, -0.2) is 0 Å². The third-order valence-electron chi connectivity index (χ3n) is 3.46. The van der Waals surface area contributed by atoms with Gasteiger partial charge in [-0.1, -0.05) is 36.9 Å². The summed E-state index contributed by atoms with van der Waals surface area (Å²) in [5.74, 6) is 1.39. The van der Waals surface area contributed by atoms with Crippen molar-refractivity contribution in [3.63, 3.8) is 0 Å². The summed E-state index contributed by atoms with van der Waals surface area (Å²) in [6.45, 7) is 2.06. The number of thioether (sulfide) groups is 1. The van der Waals surface area contributed by atoms with E-state index in [1.165, 1.54) is 0 Å². The number of benzene rings is 1. The molecule has 2 aromatic heterocycles. The van der Waals surface area contributed by atoms with E-state index in [1.807, 2.05) is 36.4 Å². The molecular formula is C16H13BrN4OS2. The zero-order valence-electron chi connectivity index (χ0n) is 12.7. The second-order valence-electron chi connectivity index (χ2n) is 5.01. The molecule has 4 rings (SSSR count). The number of halogens is 1. The van der Waals surface area contributed by atoms with Crippen LogP contribution in [-0.4, -0.2) is 20.9 Å². The van der Waals surface area contributed by atoms with Gasteiger partial charge in [0, 0.05) is 11.3 Å². The lowest BCUT2D eigenvalue weighted by Crippen LogP contribution is -2.15. The summed E-state index contributed by atoms with van der Waals surface area (Å²) in [5, 5.41) is 12.6. The Hall–Kier alpha value is -1.64. The SMILES string of the molecule is CCSc1nnc2c(n1)O[C@H](c1ccc(Br)s1)Nc1ccccc1-2. The normalized spacial score (nSPS) is 15.7. The van der Waals surface area contributed by atoms with Crippen LogP contribution in [-0.2, 0) is 0 Å². The summed E-state index contributed by atoms with van der Waals surface area (Å²) >= 11 is 6.68. The second-order valence-corrected chi connectivity index (χ2v) is 8.74. The largest absolute Gasteiger partial charge is 0.447 e. The molecule has 1 atom stereocenters. The van der Waals surface area contributed by atoms with Crippen LogP contribution in [0, 0.1) is 0 Å². The smallest absolute Gasteiger partial charge is 0.247 e. The van der Waals surface area contributed by atoms with E-state index >= 15 is 0 Å². The van der Waals surface area contributed by atoms with Gasteiger partial charge in [-0.15, -0.1) is 21.5 Å². The lowest BCUT2D eigenvalue weighted by molar-refractivity contribution is 0.229. The predicted molar refractivity (Wildman–Crippen MR) is 101 cm³/mol. The Bertz CT molecular complexity index is 886. The molecule has 8 heteroatoms. The molecule has 0 spiro atoms. The van der Waals surface area contributed by atoms with Crippen molar-refractivity contribution in [3.8, 4) is 17.1 Å². The minimum absolute atomic E-state index is 0.320. The number of hydrogen-bond acceptors (Lipinski definition) is 7. The van der Waals surface area contributed by atoms with Gasteiger partial charge in [-0.2, -0.15) is 4.98 Å². The van der Waals surface area contributed by atoms with Gasteiger partial charge in [-0.3, -0.25) is 0 Å². The zero-order valence-corrected chi connectivity index (χ0v) is 15.9. The van der Waals surface area contributed by atoms with Crippen molar-refractivity contribution in [3.05, 3.63) is 45.1 Å². The number of nitrogens with one attached hydrogen (secondary N) is 1. The number of anilines is 1. The number of para-hydroxylation sites is 1. The summed E-state index contributed by atoms with van der Waals surface area (Å²) in [5.41, 5.74) is 2.56. The highest BCUT2D eigenvalue weighted by molar-refractivity contribution is 9.11. The number of aromatic nitrogens is 3. The number of rotatable bonds is 3. The lowest BCUT2D eigenvalue weighted by atomic mass is 10.1. The number of nitrogens with zero attached hydrogens (tertiary/aromatic N) is 3. The highest BCUT2D eigenvalue weighted by Gasteiger charge is 2.26. The first kappa shape index (κ1) is 15.9. The van der Waals surface area contributed by atoms with E-state index in [-0.39, 0.29) is 6.23 Å². The predicted octanol–water partition coefficient (Wildman–Crippen LogP) is 4.98. The average molecular weight is 421 g/mol. The molecule has 0 saturated heterocycles. The van der Waals surface area contributed by atoms with Gasteiger partial charge in [0.05, 0.1) is 8.66 Å². The standard InChI is InChI=1S/C16H13BrN4OS2/c1-2-23-16-19-15-13(20-21-16)9-5-3-4-6-10(9)18-14(22-15)11-7-8-12(17)24-11/h3-8,14,18H,2H2,1H3/t14-/m1/s1. The summed E-state index contributed by atoms with van der Waals surface area (Å²) in [6, 6.07) is 12.0. The zero-order chi connectivity index (χ0) is 16.5. The van der Waals surface area contributed by atoms with Crippen molar-refractivity contribution >= 4 is 44.7 Å². The van der Waals surface area contributed by atoms with E-state index in [2.05, 4.69) is 43.4 Å². The number of thiophene rings is 1. The fourth-order valence-electron chi connectivity index (χ4n) is 2.44. The van der Waals surface area contributed by atoms with E-state index in [0.717, 1.165) is 25.7 Å². The van der Waals surface area contributed by atoms with Gasteiger partial charge in [-0.05, 0) is 39.9 Å². The summed E-state index contributed by atoms with van der Waals surface area (Å²) in [7, 11) is 0. The average Bonchev–Trinajstić information content (AvgIpc) is 2.95. The van der Waals surface area contributed by atoms with Crippen molar-refractivity contribution in [1.82, 2.24) is 15.2 Å². The Balaban J connectivity index is 1.83. The molecule has 1 aromatic carbocycles. The number of ether oxygens (including phenoxy) is 1. The van der Waals surface area contributed by atoms with Gasteiger partial charge in [0.15, 0.2) is 5.69 Å². The molecule has 0 bridgehead atoms. The molecular weight excluding hydrogens is 408 g/mol. The van der Waals surface area contributed by atoms with Gasteiger partial charge in [0.2, 0.25) is 17.3 Å². The van der Waals surface area contributed by atoms with E-state index < -0.39 is 0 Å². The Labute approximate surface area is 156 Å². The third kappa shape index (κ3) is 3.01. The van der Waals surface area contributed by atoms with Crippen molar-refractivity contribution in [2.75, 3.05) is 11.1 Å². The molecule has 1 aliphatic rings. The molecule has 1 aliphatic heterocycles. The van der Waals surface area contributed by atoms with Crippen LogP contribution in [0.15, 0.2) is 45.3 Å². The van der Waals surface area contributed by atoms with E-state index in [0.29, 0.717) is 16.7 Å². The van der Waals surface area contributed by atoms with Crippen LogP contribution in [0.25, 0.3) is 11.3 Å². The van der Waals surface area contributed by atoms with Crippen LogP contribution in [0.4, 0.5) is 5.69 Å². The highest BCUT2D eigenvalue weighted by atomic mass is 79.9. The molecule has 0 aliphatic carbocycles. The fraction of sp³-hybridized carbons (Fsp3) is 0.188. The first-order valence-electron chi connectivity index (χ1n) is 7.40. The van der Waals surface area contributed by atoms with E-state index in [1.54, 1.807) is 23.1 Å². The van der Waals surface area contributed by atoms with Crippen LogP contribution in [0.3, 0.4) is 0 Å². The molecule has 3 aromatic rings. The molecule has 0 unspecified atom stereocenters. The third-order valence-corrected chi connectivity index (χ3v) is 5.85. The quantitative estimate of drug-likeness (QED) is 0.602. The molecule has 0 amide bonds. The van der Waals surface area contributed by atoms with Crippen molar-refractivity contribution in [1.29, 1.82) is 0 Å². The van der Waals surface area contributed by atoms with Crippen molar-refractivity contribution in [2.45, 2.75) is 18.3 Å². The van der Waals surface area contributed by atoms with Gasteiger partial charge in [0.1, 0.15) is 0 Å². The monoisotopic (exact) mass is 420 g/mol. The van der Waals surface area contributed by atoms with Crippen LogP contribution in [0.5, 0.6) is 5.88 Å². The molecule has 5 nitrogen and oxygen atoms in total. The van der Waals surface area contributed by atoms with Crippen LogP contribution < -0.4 is 10.1 Å². The first-order valence-corrected chi connectivity index (χ1v) is 9.99. The first-order chi connectivity index (χ1) is 11.7. The minimum atomic E-state index is -0.320. The maximum atomic E-state index is 6.18. The van der Waals surface area contributed by atoms with Gasteiger partial charge < -0.3 is 10.1 Å². The Morgan fingerprint density at radius 1 is 1.25 bits per heavy atom. The highest BCUT2D eigenvalue weighted by Crippen LogP contribution is 2.41. The Morgan fingerprint density at radius 2 is 2.12 bits per heavy atom. The molecule has 0 radical (unpaired) electrons. The Kier molecular flexibility index (Phi) is 4.43. The van der Waals surface area contributed by atoms with Crippen LogP contribution in [0.1, 0.15) is 18.0 Å². The molecule has 24 heavy (non-hydrogen) atoms. The minimum Gasteiger partial charge on any atom is -0.447 e. The molecule has 122 valence electrons. The van der Waals surface area contributed by atoms with Gasteiger partial charge in [0.25, 0.3) is 0 Å². The number of fused-ring (bicyclic) bond motifs is 3. The molecule has 3 heterocycles. The lowest BCUT2D eigenvalue weighted by Gasteiger charge is -2.17. The van der Waals surface area contributed by atoms with Crippen molar-refractivity contribution in [2.24, 2.45) is 0 Å². The maximum Gasteiger partial charge on any atom is 0.247 e. The van der Waals surface area contributed by atoms with Crippen LogP contribution in [0.2, 0.25) is 0 Å². The molecule has 0 saturated carbocycles. The second kappa shape index (κ2) is 6.70. The van der Waals surface area contributed by atoms with E-state index in [9.17, 15) is 0 Å². The molecule has 0 fully saturated rings. The fourth-order valence-corrected chi connectivity index (χ4v) is 4.34. The molecule has 1 N–H and O–H groups in total. The van der Waals surface area contributed by atoms with Crippen LogP contribution >= 0.6 is 39.0 Å². The van der Waals surface area contributed by atoms with Crippen molar-refractivity contribution < 1.29 is 4.74 Å². The summed E-state index contributed by atoms with van der Waals surface area (Å²) in [4.78, 5) is 5.63. The topological polar surface area (TPSA) is 59.9 Å². The maximum absolute atomic E-state index is 6.18. The summed E-state index contributed by atoms with van der Waals surface area (Å²) < 4.78 is 7.24. The Morgan fingerprint density at radius 3 is 2.92 bits per heavy atom. The summed E-state index contributed by atoms with van der Waals surface area (Å²) in [6.07, 6.45) is -0.320. The van der Waals surface area contributed by atoms with Gasteiger partial charge >= 0.3 is 0 Å².